The van der Waals surface area contributed by atoms with E-state index in [0.717, 1.165) is 232 Å². The van der Waals surface area contributed by atoms with Crippen LogP contribution in [0.4, 0.5) is 0 Å². The molecule has 576 valence electrons. The molecule has 0 saturated heterocycles. The Morgan fingerprint density at radius 1 is 0.137 bits per heavy atom. The normalized spacial score (nSPS) is 11.5. The van der Waals surface area contributed by atoms with Crippen molar-refractivity contribution in [2.45, 2.75) is 0 Å². The highest BCUT2D eigenvalue weighted by molar-refractivity contribution is 6.08. The summed E-state index contributed by atoms with van der Waals surface area (Å²) in [6, 6.07) is 138. The van der Waals surface area contributed by atoms with Crippen LogP contribution in [0.2, 0.25) is 0 Å². The molecule has 0 aliphatic rings. The standard InChI is InChI=1S/2C56H34N6/c1-3-10-35(11-4-1)52-34-53(62-56(61-52)40-12-5-2-6-13-40)49-30-24-37-18-22-42(33-51(37)59-49)41-21-17-36-23-28-47(58-50(36)32-41)45-26-27-46(44-16-8-7-15-43(44)45)48-29-25-39-20-19-38-14-9-31-57-54(38)55(39)60-48;1-3-8-35(9-4-1)52-34-53(62-56(61-52)40-10-5-2-6-11-40)49-28-24-37-14-18-44(33-51(37)59-49)43-17-13-36-23-26-47(58-50(36)32-43)45-21-19-42-31-46(22-20-41(42)30-45)48-27-25-39-16-15-38-12-7-29-57-54(38)55(39)60-48/h2*1-34H. The number of aromatic nitrogens is 12. The van der Waals surface area contributed by atoms with Gasteiger partial charge in [0.1, 0.15) is 0 Å². The molecule has 0 fully saturated rings. The first kappa shape index (κ1) is 72.3. The van der Waals surface area contributed by atoms with Gasteiger partial charge in [-0.2, -0.15) is 0 Å². The molecule has 0 radical (unpaired) electrons. The lowest BCUT2D eigenvalue weighted by Gasteiger charge is -2.13. The van der Waals surface area contributed by atoms with Crippen LogP contribution in [0.25, 0.3) is 244 Å². The van der Waals surface area contributed by atoms with Crippen molar-refractivity contribution < 1.29 is 0 Å². The van der Waals surface area contributed by atoms with Crippen LogP contribution in [-0.2, 0) is 0 Å². The maximum atomic E-state index is 5.29. The fourth-order valence-electron chi connectivity index (χ4n) is 17.0. The molecule has 24 rings (SSSR count). The van der Waals surface area contributed by atoms with E-state index >= 15 is 0 Å². The Kier molecular flexibility index (Phi) is 17.9. The molecule has 14 aromatic carbocycles. The highest BCUT2D eigenvalue weighted by atomic mass is 14.9. The largest absolute Gasteiger partial charge is 0.254 e. The number of benzene rings is 14. The average molecular weight is 1580 g/mol. The van der Waals surface area contributed by atoms with Crippen molar-refractivity contribution in [3.05, 3.63) is 413 Å². The van der Waals surface area contributed by atoms with Crippen LogP contribution in [0.3, 0.4) is 0 Å². The molecule has 10 aromatic heterocycles. The fourth-order valence-corrected chi connectivity index (χ4v) is 17.0. The van der Waals surface area contributed by atoms with E-state index in [0.29, 0.717) is 11.6 Å². The first-order valence-electron chi connectivity index (χ1n) is 41.3. The van der Waals surface area contributed by atoms with E-state index in [9.17, 15) is 0 Å². The molecule has 12 heteroatoms. The Morgan fingerprint density at radius 2 is 0.427 bits per heavy atom. The van der Waals surface area contributed by atoms with Crippen molar-refractivity contribution in [1.29, 1.82) is 0 Å². The van der Waals surface area contributed by atoms with E-state index < -0.39 is 0 Å². The molecule has 10 heterocycles. The molecule has 0 aliphatic carbocycles. The van der Waals surface area contributed by atoms with Crippen LogP contribution < -0.4 is 0 Å². The summed E-state index contributed by atoms with van der Waals surface area (Å²) in [5.74, 6) is 1.33. The molecule has 0 spiro atoms. The first-order valence-corrected chi connectivity index (χ1v) is 41.3. The zero-order valence-electron chi connectivity index (χ0n) is 66.6. The van der Waals surface area contributed by atoms with Crippen molar-refractivity contribution in [2.75, 3.05) is 0 Å². The second-order valence-electron chi connectivity index (χ2n) is 31.1. The zero-order valence-corrected chi connectivity index (χ0v) is 66.6. The Morgan fingerprint density at radius 3 is 0.847 bits per heavy atom. The Balaban J connectivity index is 0.000000143. The molecule has 24 aromatic rings. The van der Waals surface area contributed by atoms with Crippen LogP contribution >= 0.6 is 0 Å². The highest BCUT2D eigenvalue weighted by Crippen LogP contribution is 2.41. The number of rotatable bonds is 12. The summed E-state index contributed by atoms with van der Waals surface area (Å²) < 4.78 is 0. The van der Waals surface area contributed by atoms with Crippen molar-refractivity contribution in [3.63, 3.8) is 0 Å². The van der Waals surface area contributed by atoms with Gasteiger partial charge in [0.05, 0.1) is 101 Å². The van der Waals surface area contributed by atoms with Crippen LogP contribution in [0.15, 0.2) is 413 Å². The molecule has 124 heavy (non-hydrogen) atoms. The van der Waals surface area contributed by atoms with E-state index in [4.69, 9.17) is 49.8 Å². The quantitative estimate of drug-likeness (QED) is 0.107. The Labute approximate surface area is 712 Å². The van der Waals surface area contributed by atoms with Gasteiger partial charge in [0.15, 0.2) is 11.6 Å². The van der Waals surface area contributed by atoms with Gasteiger partial charge in [0, 0.05) is 100.0 Å². The van der Waals surface area contributed by atoms with Crippen molar-refractivity contribution >= 4 is 109 Å². The predicted octanol–water partition coefficient (Wildman–Crippen LogP) is 27.6. The Hall–Kier alpha value is -17.0. The second-order valence-corrected chi connectivity index (χ2v) is 31.1. The lowest BCUT2D eigenvalue weighted by molar-refractivity contribution is 1.17. The summed E-state index contributed by atoms with van der Waals surface area (Å²) in [4.78, 5) is 60.4. The van der Waals surface area contributed by atoms with Crippen LogP contribution in [0.5, 0.6) is 0 Å². The predicted molar refractivity (Wildman–Crippen MR) is 507 cm³/mol. The molecule has 0 bridgehead atoms. The SMILES string of the molecule is c1ccc(-c2cc(-c3ccc4ccc(-c5ccc6ccc(-c7ccc(-c8ccc9ccc%10cccnc%10c9n8)c8ccccc78)nc6c5)cc4n3)nc(-c3ccccc3)n2)cc1.c1ccc(-c2cc(-c3ccc4ccc(-c5ccc6ccc(-c7ccc8cc(-c9ccc%10ccc%11cccnc%11c%10n9)ccc8c7)nc6c5)cc4n3)nc(-c3ccccc3)n2)cc1. The minimum Gasteiger partial charge on any atom is -0.254 e. The number of hydrogen-bond acceptors (Lipinski definition) is 12. The maximum absolute atomic E-state index is 5.29. The molecule has 12 nitrogen and oxygen atoms in total. The minimum absolute atomic E-state index is 0.665. The lowest BCUT2D eigenvalue weighted by atomic mass is 9.95. The summed E-state index contributed by atoms with van der Waals surface area (Å²) in [6.45, 7) is 0. The van der Waals surface area contributed by atoms with Gasteiger partial charge in [0.2, 0.25) is 0 Å². The topological polar surface area (TPSA) is 155 Å². The molecular formula is C112H68N12. The second kappa shape index (κ2) is 30.8. The summed E-state index contributed by atoms with van der Waals surface area (Å²) >= 11 is 0. The van der Waals surface area contributed by atoms with Gasteiger partial charge in [0.25, 0.3) is 0 Å². The fraction of sp³-hybridized carbons (Fsp3) is 0. The van der Waals surface area contributed by atoms with E-state index in [-0.39, 0.29) is 0 Å². The summed E-state index contributed by atoms with van der Waals surface area (Å²) in [7, 11) is 0. The van der Waals surface area contributed by atoms with Gasteiger partial charge in [-0.1, -0.05) is 303 Å². The first-order chi connectivity index (χ1) is 61.3. The molecule has 0 aliphatic heterocycles. The third kappa shape index (κ3) is 13.8. The third-order valence-corrected chi connectivity index (χ3v) is 23.4. The van der Waals surface area contributed by atoms with E-state index in [1.165, 1.54) is 0 Å². The number of pyridine rings is 8. The summed E-state index contributed by atoms with van der Waals surface area (Å²) in [6.07, 6.45) is 3.66. The van der Waals surface area contributed by atoms with E-state index in [2.05, 4.69) is 277 Å². The molecular weight excluding hydrogens is 1510 g/mol. The minimum atomic E-state index is 0.665. The molecule has 0 saturated carbocycles. The summed E-state index contributed by atoms with van der Waals surface area (Å²) in [5.41, 5.74) is 28.3. The maximum Gasteiger partial charge on any atom is 0.160 e. The van der Waals surface area contributed by atoms with Crippen molar-refractivity contribution in [1.82, 2.24) is 59.8 Å². The van der Waals surface area contributed by atoms with Crippen LogP contribution in [0.1, 0.15) is 0 Å². The highest BCUT2D eigenvalue weighted by Gasteiger charge is 2.20. The van der Waals surface area contributed by atoms with Gasteiger partial charge in [-0.15, -0.1) is 0 Å². The van der Waals surface area contributed by atoms with Crippen LogP contribution in [-0.4, -0.2) is 59.8 Å². The van der Waals surface area contributed by atoms with Crippen molar-refractivity contribution in [2.24, 2.45) is 0 Å². The number of fused-ring (bicyclic) bond motifs is 12. The molecule has 0 atom stereocenters. The van der Waals surface area contributed by atoms with E-state index in [1.807, 2.05) is 146 Å². The molecule has 0 N–H and O–H groups in total. The summed E-state index contributed by atoms with van der Waals surface area (Å²) in [5, 5.41) is 13.1. The molecule has 0 amide bonds. The zero-order chi connectivity index (χ0) is 82.0. The van der Waals surface area contributed by atoms with E-state index in [1.54, 1.807) is 0 Å². The van der Waals surface area contributed by atoms with Gasteiger partial charge in [-0.3, -0.25) is 9.97 Å². The van der Waals surface area contributed by atoms with Gasteiger partial charge >= 0.3 is 0 Å². The van der Waals surface area contributed by atoms with Crippen LogP contribution in [0, 0.1) is 0 Å². The number of hydrogen-bond donors (Lipinski definition) is 0. The number of nitrogens with zero attached hydrogens (tertiary/aromatic N) is 12. The Bertz CT molecular complexity index is 8270. The average Bonchev–Trinajstić information content (AvgIpc) is 0.804. The molecule has 0 unspecified atom stereocenters. The van der Waals surface area contributed by atoms with Gasteiger partial charge in [-0.25, -0.2) is 49.8 Å². The third-order valence-electron chi connectivity index (χ3n) is 23.4. The van der Waals surface area contributed by atoms with Crippen molar-refractivity contribution in [3.8, 4) is 135 Å². The van der Waals surface area contributed by atoms with Gasteiger partial charge < -0.3 is 0 Å². The lowest BCUT2D eigenvalue weighted by Crippen LogP contribution is -1.97. The van der Waals surface area contributed by atoms with Gasteiger partial charge in [-0.05, 0) is 141 Å². The smallest absolute Gasteiger partial charge is 0.160 e. The monoisotopic (exact) mass is 1580 g/mol.